The van der Waals surface area contributed by atoms with Crippen molar-refractivity contribution in [2.75, 3.05) is 13.1 Å². The average molecular weight is 248 g/mol. The lowest BCUT2D eigenvalue weighted by Gasteiger charge is -2.21. The smallest absolute Gasteiger partial charge is 0.0823 e. The van der Waals surface area contributed by atoms with Crippen LogP contribution in [0.4, 0.5) is 0 Å². The topological polar surface area (TPSA) is 32.3 Å². The lowest BCUT2D eigenvalue weighted by Crippen LogP contribution is -2.33. The molecule has 15 heavy (non-hydrogen) atoms. The lowest BCUT2D eigenvalue weighted by atomic mass is 9.94. The van der Waals surface area contributed by atoms with Crippen LogP contribution in [0.2, 0.25) is 5.02 Å². The summed E-state index contributed by atoms with van der Waals surface area (Å²) >= 11 is 5.79. The molecule has 1 aliphatic rings. The second-order valence-electron chi connectivity index (χ2n) is 3.95. The Morgan fingerprint density at radius 1 is 1.33 bits per heavy atom. The normalized spacial score (nSPS) is 24.9. The first kappa shape index (κ1) is 12.8. The van der Waals surface area contributed by atoms with E-state index in [0.29, 0.717) is 13.0 Å². The Kier molecular flexibility index (Phi) is 4.41. The van der Waals surface area contributed by atoms with Crippen LogP contribution in [-0.4, -0.2) is 23.8 Å². The van der Waals surface area contributed by atoms with Gasteiger partial charge in [-0.05, 0) is 30.7 Å². The number of β-amino-alcohol motifs (C(OH)–C–C–N with tert-alkyl or cyclic N) is 1. The second kappa shape index (κ2) is 5.17. The Morgan fingerprint density at radius 2 is 2.00 bits per heavy atom. The molecule has 1 heterocycles. The highest BCUT2D eigenvalue weighted by molar-refractivity contribution is 6.30. The van der Waals surface area contributed by atoms with Gasteiger partial charge >= 0.3 is 0 Å². The van der Waals surface area contributed by atoms with Gasteiger partial charge in [-0.3, -0.25) is 0 Å². The molecular formula is C11H15Cl2NO. The maximum Gasteiger partial charge on any atom is 0.0823 e. The largest absolute Gasteiger partial charge is 0.388 e. The van der Waals surface area contributed by atoms with Crippen LogP contribution in [0, 0.1) is 0 Å². The van der Waals surface area contributed by atoms with Crippen molar-refractivity contribution in [2.24, 2.45) is 0 Å². The van der Waals surface area contributed by atoms with Crippen LogP contribution in [0.15, 0.2) is 24.3 Å². The van der Waals surface area contributed by atoms with E-state index < -0.39 is 5.60 Å². The van der Waals surface area contributed by atoms with E-state index in [2.05, 4.69) is 5.32 Å². The van der Waals surface area contributed by atoms with Crippen molar-refractivity contribution in [3.63, 3.8) is 0 Å². The summed E-state index contributed by atoms with van der Waals surface area (Å²) in [5.41, 5.74) is 0.578. The molecule has 0 bridgehead atoms. The minimum Gasteiger partial charge on any atom is -0.388 e. The zero-order valence-corrected chi connectivity index (χ0v) is 9.94. The summed E-state index contributed by atoms with van der Waals surface area (Å²) in [5, 5.41) is 14.0. The zero-order valence-electron chi connectivity index (χ0n) is 8.37. The van der Waals surface area contributed by atoms with Gasteiger partial charge in [0.1, 0.15) is 0 Å². The molecule has 2 N–H and O–H groups in total. The van der Waals surface area contributed by atoms with Crippen molar-refractivity contribution in [2.45, 2.75) is 18.4 Å². The molecular weight excluding hydrogens is 233 g/mol. The molecule has 0 aliphatic carbocycles. The Morgan fingerprint density at radius 3 is 2.53 bits per heavy atom. The molecule has 1 saturated heterocycles. The van der Waals surface area contributed by atoms with Crippen molar-refractivity contribution in [3.8, 4) is 0 Å². The van der Waals surface area contributed by atoms with Crippen LogP contribution in [0.3, 0.4) is 0 Å². The van der Waals surface area contributed by atoms with Gasteiger partial charge in [0.2, 0.25) is 0 Å². The van der Waals surface area contributed by atoms with Crippen molar-refractivity contribution >= 4 is 24.0 Å². The van der Waals surface area contributed by atoms with Gasteiger partial charge in [-0.15, -0.1) is 12.4 Å². The number of halogens is 2. The standard InChI is InChI=1S/C11H14ClNO.ClH/c12-10-3-1-9(2-4-10)7-11(14)5-6-13-8-11;/h1-4,13-14H,5-8H2;1H. The minimum atomic E-state index is -0.562. The molecule has 0 amide bonds. The molecule has 1 unspecified atom stereocenters. The maximum absolute atomic E-state index is 10.1. The van der Waals surface area contributed by atoms with E-state index in [4.69, 9.17) is 11.6 Å². The predicted octanol–water partition coefficient (Wildman–Crippen LogP) is 2.03. The maximum atomic E-state index is 10.1. The molecule has 0 radical (unpaired) electrons. The summed E-state index contributed by atoms with van der Waals surface area (Å²) in [7, 11) is 0. The van der Waals surface area contributed by atoms with E-state index in [9.17, 15) is 5.11 Å². The fourth-order valence-electron chi connectivity index (χ4n) is 1.86. The number of rotatable bonds is 2. The highest BCUT2D eigenvalue weighted by Gasteiger charge is 2.30. The van der Waals surface area contributed by atoms with Crippen LogP contribution in [0.25, 0.3) is 0 Å². The van der Waals surface area contributed by atoms with Crippen LogP contribution in [0.5, 0.6) is 0 Å². The van der Waals surface area contributed by atoms with Gasteiger partial charge in [0, 0.05) is 18.0 Å². The molecule has 1 aromatic carbocycles. The fourth-order valence-corrected chi connectivity index (χ4v) is 1.99. The molecule has 1 atom stereocenters. The van der Waals surface area contributed by atoms with Gasteiger partial charge in [0.15, 0.2) is 0 Å². The molecule has 84 valence electrons. The first-order valence-corrected chi connectivity index (χ1v) is 5.23. The Bertz CT molecular complexity index is 307. The van der Waals surface area contributed by atoms with Gasteiger partial charge in [0.25, 0.3) is 0 Å². The molecule has 0 saturated carbocycles. The van der Waals surface area contributed by atoms with E-state index in [1.165, 1.54) is 0 Å². The molecule has 1 aromatic rings. The van der Waals surface area contributed by atoms with Crippen molar-refractivity contribution in [1.82, 2.24) is 5.32 Å². The average Bonchev–Trinajstić information content (AvgIpc) is 2.57. The molecule has 1 fully saturated rings. The molecule has 2 rings (SSSR count). The second-order valence-corrected chi connectivity index (χ2v) is 4.39. The lowest BCUT2D eigenvalue weighted by molar-refractivity contribution is 0.0619. The third-order valence-corrected chi connectivity index (χ3v) is 2.92. The monoisotopic (exact) mass is 247 g/mol. The number of hydrogen-bond acceptors (Lipinski definition) is 2. The molecule has 0 spiro atoms. The first-order chi connectivity index (χ1) is 6.68. The van der Waals surface area contributed by atoms with Crippen LogP contribution in [-0.2, 0) is 6.42 Å². The number of hydrogen-bond donors (Lipinski definition) is 2. The molecule has 0 aromatic heterocycles. The van der Waals surface area contributed by atoms with Gasteiger partial charge in [-0.1, -0.05) is 23.7 Å². The summed E-state index contributed by atoms with van der Waals surface area (Å²) in [5.74, 6) is 0. The molecule has 2 nitrogen and oxygen atoms in total. The van der Waals surface area contributed by atoms with Crippen LogP contribution >= 0.6 is 24.0 Å². The van der Waals surface area contributed by atoms with Gasteiger partial charge in [0.05, 0.1) is 5.60 Å². The van der Waals surface area contributed by atoms with E-state index in [1.807, 2.05) is 24.3 Å². The van der Waals surface area contributed by atoms with Crippen molar-refractivity contribution in [1.29, 1.82) is 0 Å². The van der Waals surface area contributed by atoms with E-state index >= 15 is 0 Å². The van der Waals surface area contributed by atoms with Crippen molar-refractivity contribution in [3.05, 3.63) is 34.9 Å². The predicted molar refractivity (Wildman–Crippen MR) is 64.8 cm³/mol. The van der Waals surface area contributed by atoms with Crippen LogP contribution in [0.1, 0.15) is 12.0 Å². The van der Waals surface area contributed by atoms with Crippen LogP contribution < -0.4 is 5.32 Å². The minimum absolute atomic E-state index is 0. The van der Waals surface area contributed by atoms with E-state index in [1.54, 1.807) is 0 Å². The van der Waals surface area contributed by atoms with E-state index in [-0.39, 0.29) is 12.4 Å². The summed E-state index contributed by atoms with van der Waals surface area (Å²) < 4.78 is 0. The summed E-state index contributed by atoms with van der Waals surface area (Å²) in [4.78, 5) is 0. The van der Waals surface area contributed by atoms with Crippen molar-refractivity contribution < 1.29 is 5.11 Å². The number of aliphatic hydroxyl groups is 1. The first-order valence-electron chi connectivity index (χ1n) is 4.86. The highest BCUT2D eigenvalue weighted by Crippen LogP contribution is 2.21. The van der Waals surface area contributed by atoms with E-state index in [0.717, 1.165) is 23.6 Å². The van der Waals surface area contributed by atoms with Gasteiger partial charge < -0.3 is 10.4 Å². The SMILES string of the molecule is Cl.OC1(Cc2ccc(Cl)cc2)CCNC1. The summed E-state index contributed by atoms with van der Waals surface area (Å²) in [6.45, 7) is 1.60. The molecule has 4 heteroatoms. The summed E-state index contributed by atoms with van der Waals surface area (Å²) in [6, 6.07) is 7.67. The van der Waals surface area contributed by atoms with Gasteiger partial charge in [-0.2, -0.15) is 0 Å². The Hall–Kier alpha value is -0.280. The Labute approximate surface area is 101 Å². The van der Waals surface area contributed by atoms with Gasteiger partial charge in [-0.25, -0.2) is 0 Å². The third-order valence-electron chi connectivity index (χ3n) is 2.67. The zero-order chi connectivity index (χ0) is 10.0. The highest BCUT2D eigenvalue weighted by atomic mass is 35.5. The summed E-state index contributed by atoms with van der Waals surface area (Å²) in [6.07, 6.45) is 1.53. The third kappa shape index (κ3) is 3.35. The quantitative estimate of drug-likeness (QED) is 0.839. The Balaban J connectivity index is 0.00000112. The molecule has 1 aliphatic heterocycles. The number of benzene rings is 1. The fraction of sp³-hybridized carbons (Fsp3) is 0.455. The number of nitrogens with one attached hydrogen (secondary N) is 1.